The number of rotatable bonds is 5. The summed E-state index contributed by atoms with van der Waals surface area (Å²) >= 11 is 12.3. The summed E-state index contributed by atoms with van der Waals surface area (Å²) < 4.78 is 11.8. The molecular formula is C13H9Br2ClN2O3. The van der Waals surface area contributed by atoms with E-state index in [1.165, 1.54) is 6.21 Å². The van der Waals surface area contributed by atoms with Crippen molar-refractivity contribution in [1.29, 1.82) is 0 Å². The van der Waals surface area contributed by atoms with Crippen LogP contribution in [0.1, 0.15) is 5.76 Å². The van der Waals surface area contributed by atoms with Crippen molar-refractivity contribution in [2.75, 3.05) is 6.61 Å². The smallest absolute Gasteiger partial charge is 0.277 e. The molecule has 1 N–H and O–H groups in total. The Hall–Kier alpha value is -1.31. The second kappa shape index (κ2) is 7.63. The Bertz CT molecular complexity index is 673. The number of ether oxygens (including phenoxy) is 1. The molecule has 0 fully saturated rings. The first-order valence-electron chi connectivity index (χ1n) is 5.69. The maximum Gasteiger partial charge on any atom is 0.277 e. The third-order valence-electron chi connectivity index (χ3n) is 2.23. The monoisotopic (exact) mass is 434 g/mol. The number of hydrazone groups is 1. The van der Waals surface area contributed by atoms with Gasteiger partial charge in [-0.25, -0.2) is 5.43 Å². The second-order valence-corrected chi connectivity index (χ2v) is 5.87. The predicted octanol–water partition coefficient (Wildman–Crippen LogP) is 3.99. The van der Waals surface area contributed by atoms with Crippen LogP contribution in [-0.4, -0.2) is 18.7 Å². The van der Waals surface area contributed by atoms with Crippen molar-refractivity contribution in [2.45, 2.75) is 0 Å². The van der Waals surface area contributed by atoms with E-state index in [1.54, 1.807) is 30.3 Å². The molecule has 0 aliphatic rings. The Morgan fingerprint density at radius 3 is 2.86 bits per heavy atom. The highest BCUT2D eigenvalue weighted by Crippen LogP contribution is 2.27. The number of halogens is 3. The number of hydrogen-bond donors (Lipinski definition) is 1. The van der Waals surface area contributed by atoms with E-state index in [9.17, 15) is 4.79 Å². The largest absolute Gasteiger partial charge is 0.483 e. The van der Waals surface area contributed by atoms with Crippen molar-refractivity contribution in [3.8, 4) is 5.75 Å². The summed E-state index contributed by atoms with van der Waals surface area (Å²) in [5.41, 5.74) is 2.33. The number of carbonyl (C=O) groups excluding carboxylic acids is 1. The highest BCUT2D eigenvalue weighted by molar-refractivity contribution is 9.10. The molecule has 0 aliphatic carbocycles. The van der Waals surface area contributed by atoms with Crippen LogP contribution >= 0.6 is 43.5 Å². The number of furan rings is 1. The van der Waals surface area contributed by atoms with Crippen LogP contribution < -0.4 is 10.2 Å². The molecular weight excluding hydrogens is 427 g/mol. The molecule has 21 heavy (non-hydrogen) atoms. The topological polar surface area (TPSA) is 63.8 Å². The molecule has 0 aliphatic heterocycles. The van der Waals surface area contributed by atoms with Crippen molar-refractivity contribution < 1.29 is 13.9 Å². The molecule has 8 heteroatoms. The number of hydrogen-bond acceptors (Lipinski definition) is 4. The Balaban J connectivity index is 1.81. The minimum Gasteiger partial charge on any atom is -0.483 e. The van der Waals surface area contributed by atoms with Crippen LogP contribution in [0.3, 0.4) is 0 Å². The summed E-state index contributed by atoms with van der Waals surface area (Å²) in [4.78, 5) is 11.6. The van der Waals surface area contributed by atoms with Crippen LogP contribution in [0.15, 0.2) is 49.0 Å². The van der Waals surface area contributed by atoms with Crippen molar-refractivity contribution in [1.82, 2.24) is 5.43 Å². The molecule has 1 aromatic heterocycles. The molecule has 1 aromatic carbocycles. The van der Waals surface area contributed by atoms with Gasteiger partial charge in [-0.3, -0.25) is 4.79 Å². The number of nitrogens with zero attached hydrogens (tertiary/aromatic N) is 1. The fourth-order valence-electron chi connectivity index (χ4n) is 1.33. The molecule has 0 bridgehead atoms. The summed E-state index contributed by atoms with van der Waals surface area (Å²) in [5.74, 6) is 0.649. The average molecular weight is 436 g/mol. The predicted molar refractivity (Wildman–Crippen MR) is 86.8 cm³/mol. The number of carbonyl (C=O) groups is 1. The lowest BCUT2D eigenvalue weighted by Gasteiger charge is -2.07. The van der Waals surface area contributed by atoms with E-state index in [4.69, 9.17) is 20.8 Å². The second-order valence-electron chi connectivity index (χ2n) is 3.80. The fourth-order valence-corrected chi connectivity index (χ4v) is 2.45. The third-order valence-corrected chi connectivity index (χ3v) is 3.51. The van der Waals surface area contributed by atoms with Crippen molar-refractivity contribution in [3.05, 3.63) is 50.3 Å². The van der Waals surface area contributed by atoms with Crippen LogP contribution in [0.25, 0.3) is 0 Å². The highest BCUT2D eigenvalue weighted by atomic mass is 79.9. The van der Waals surface area contributed by atoms with E-state index in [0.717, 1.165) is 0 Å². The zero-order chi connectivity index (χ0) is 15.2. The number of benzene rings is 1. The molecule has 110 valence electrons. The highest BCUT2D eigenvalue weighted by Gasteiger charge is 2.05. The third kappa shape index (κ3) is 5.18. The van der Waals surface area contributed by atoms with E-state index in [2.05, 4.69) is 42.4 Å². The molecule has 1 amide bonds. The van der Waals surface area contributed by atoms with Gasteiger partial charge in [0, 0.05) is 5.02 Å². The molecule has 2 rings (SSSR count). The van der Waals surface area contributed by atoms with Gasteiger partial charge in [-0.05, 0) is 62.2 Å². The average Bonchev–Trinajstić information content (AvgIpc) is 2.83. The van der Waals surface area contributed by atoms with Gasteiger partial charge >= 0.3 is 0 Å². The number of amides is 1. The first kappa shape index (κ1) is 16.1. The van der Waals surface area contributed by atoms with Gasteiger partial charge in [-0.15, -0.1) is 0 Å². The SMILES string of the molecule is O=C(COc1ccc(Cl)cc1Br)N/N=C\c1ccc(Br)o1. The molecule has 0 spiro atoms. The van der Waals surface area contributed by atoms with E-state index in [0.29, 0.717) is 25.7 Å². The van der Waals surface area contributed by atoms with Gasteiger partial charge in [-0.1, -0.05) is 11.6 Å². The van der Waals surface area contributed by atoms with Crippen LogP contribution in [0.2, 0.25) is 5.02 Å². The standard InChI is InChI=1S/C13H9Br2ClN2O3/c14-10-5-8(16)1-3-11(10)20-7-13(19)18-17-6-9-2-4-12(15)21-9/h1-6H,7H2,(H,18,19)/b17-6-. The van der Waals surface area contributed by atoms with Crippen LogP contribution in [-0.2, 0) is 4.79 Å². The minimum atomic E-state index is -0.390. The van der Waals surface area contributed by atoms with Crippen molar-refractivity contribution in [3.63, 3.8) is 0 Å². The molecule has 0 saturated carbocycles. The molecule has 0 saturated heterocycles. The molecule has 1 heterocycles. The van der Waals surface area contributed by atoms with Gasteiger partial charge in [0.25, 0.3) is 5.91 Å². The maximum atomic E-state index is 11.6. The summed E-state index contributed by atoms with van der Waals surface area (Å²) in [6, 6.07) is 8.46. The summed E-state index contributed by atoms with van der Waals surface area (Å²) in [6.07, 6.45) is 1.39. The van der Waals surface area contributed by atoms with Crippen molar-refractivity contribution >= 4 is 55.6 Å². The molecule has 2 aromatic rings. The zero-order valence-corrected chi connectivity index (χ0v) is 14.4. The van der Waals surface area contributed by atoms with Gasteiger partial charge < -0.3 is 9.15 Å². The first-order valence-corrected chi connectivity index (χ1v) is 7.66. The lowest BCUT2D eigenvalue weighted by Crippen LogP contribution is -2.24. The van der Waals surface area contributed by atoms with Gasteiger partial charge in [-0.2, -0.15) is 5.10 Å². The van der Waals surface area contributed by atoms with Crippen molar-refractivity contribution in [2.24, 2.45) is 5.10 Å². The van der Waals surface area contributed by atoms with Crippen LogP contribution in [0.4, 0.5) is 0 Å². The summed E-state index contributed by atoms with van der Waals surface area (Å²) in [5, 5.41) is 4.33. The van der Waals surface area contributed by atoms with E-state index in [1.807, 2.05) is 0 Å². The minimum absolute atomic E-state index is 0.167. The number of nitrogens with one attached hydrogen (secondary N) is 1. The molecule has 0 unspecified atom stereocenters. The van der Waals surface area contributed by atoms with Gasteiger partial charge in [0.05, 0.1) is 10.7 Å². The molecule has 0 radical (unpaired) electrons. The van der Waals surface area contributed by atoms with E-state index in [-0.39, 0.29) is 6.61 Å². The summed E-state index contributed by atoms with van der Waals surface area (Å²) in [7, 11) is 0. The van der Waals surface area contributed by atoms with Gasteiger partial charge in [0.15, 0.2) is 11.3 Å². The lowest BCUT2D eigenvalue weighted by molar-refractivity contribution is -0.123. The Morgan fingerprint density at radius 2 is 2.19 bits per heavy atom. The normalized spacial score (nSPS) is 10.8. The fraction of sp³-hybridized carbons (Fsp3) is 0.0769. The van der Waals surface area contributed by atoms with Gasteiger partial charge in [0.1, 0.15) is 11.5 Å². The Kier molecular flexibility index (Phi) is 5.84. The molecule has 5 nitrogen and oxygen atoms in total. The quantitative estimate of drug-likeness (QED) is 0.570. The first-order chi connectivity index (χ1) is 10.0. The van der Waals surface area contributed by atoms with Crippen LogP contribution in [0.5, 0.6) is 5.75 Å². The molecule has 0 atom stereocenters. The zero-order valence-electron chi connectivity index (χ0n) is 10.5. The van der Waals surface area contributed by atoms with Gasteiger partial charge in [0.2, 0.25) is 0 Å². The van der Waals surface area contributed by atoms with Crippen LogP contribution in [0, 0.1) is 0 Å². The Morgan fingerprint density at radius 1 is 1.38 bits per heavy atom. The Labute approximate surface area is 142 Å². The summed E-state index contributed by atoms with van der Waals surface area (Å²) in [6.45, 7) is -0.167. The lowest BCUT2D eigenvalue weighted by atomic mass is 10.3. The maximum absolute atomic E-state index is 11.6. The van der Waals surface area contributed by atoms with E-state index >= 15 is 0 Å². The van der Waals surface area contributed by atoms with E-state index < -0.39 is 5.91 Å².